The molecule has 6 nitrogen and oxygen atoms in total. The second-order valence-corrected chi connectivity index (χ2v) is 8.77. The van der Waals surface area contributed by atoms with Gasteiger partial charge in [0.2, 0.25) is 15.9 Å². The molecule has 0 aliphatic carbocycles. The van der Waals surface area contributed by atoms with Gasteiger partial charge in [-0.05, 0) is 31.5 Å². The third-order valence-electron chi connectivity index (χ3n) is 4.26. The smallest absolute Gasteiger partial charge is 0.243 e. The van der Waals surface area contributed by atoms with E-state index in [0.29, 0.717) is 37.7 Å². The van der Waals surface area contributed by atoms with Crippen molar-refractivity contribution in [2.45, 2.75) is 37.6 Å². The van der Waals surface area contributed by atoms with Crippen LogP contribution in [0.5, 0.6) is 0 Å². The van der Waals surface area contributed by atoms with Gasteiger partial charge in [0.15, 0.2) is 0 Å². The van der Waals surface area contributed by atoms with Gasteiger partial charge in [-0.2, -0.15) is 4.31 Å². The first-order valence-electron chi connectivity index (χ1n) is 8.60. The van der Waals surface area contributed by atoms with E-state index in [1.807, 2.05) is 11.8 Å². The third-order valence-corrected chi connectivity index (χ3v) is 6.39. The lowest BCUT2D eigenvalue weighted by Crippen LogP contribution is -2.51. The second kappa shape index (κ2) is 8.98. The molecular weight excluding hydrogens is 362 g/mol. The Morgan fingerprint density at radius 3 is 2.56 bits per heavy atom. The lowest BCUT2D eigenvalue weighted by atomic mass is 10.2. The van der Waals surface area contributed by atoms with Crippen LogP contribution in [0.1, 0.15) is 26.7 Å². The van der Waals surface area contributed by atoms with Crippen molar-refractivity contribution in [1.82, 2.24) is 14.5 Å². The van der Waals surface area contributed by atoms with E-state index in [4.69, 9.17) is 11.6 Å². The third kappa shape index (κ3) is 5.67. The molecule has 1 atom stereocenters. The Morgan fingerprint density at radius 1 is 1.28 bits per heavy atom. The summed E-state index contributed by atoms with van der Waals surface area (Å²) in [6.45, 7) is 6.20. The van der Waals surface area contributed by atoms with Crippen LogP contribution in [-0.2, 0) is 14.8 Å². The van der Waals surface area contributed by atoms with Crippen molar-refractivity contribution in [3.05, 3.63) is 29.3 Å². The zero-order valence-electron chi connectivity index (χ0n) is 14.7. The van der Waals surface area contributed by atoms with Gasteiger partial charge in [-0.25, -0.2) is 8.42 Å². The van der Waals surface area contributed by atoms with Gasteiger partial charge in [0.1, 0.15) is 0 Å². The summed E-state index contributed by atoms with van der Waals surface area (Å²) in [5, 5.41) is 3.38. The predicted molar refractivity (Wildman–Crippen MR) is 99.2 cm³/mol. The van der Waals surface area contributed by atoms with Crippen LogP contribution in [0, 0.1) is 0 Å². The average Bonchev–Trinajstić information content (AvgIpc) is 2.55. The van der Waals surface area contributed by atoms with Crippen molar-refractivity contribution in [1.29, 1.82) is 0 Å². The fourth-order valence-electron chi connectivity index (χ4n) is 2.93. The van der Waals surface area contributed by atoms with E-state index in [1.54, 1.807) is 18.2 Å². The number of carbonyl (C=O) groups excluding carboxylic acids is 1. The van der Waals surface area contributed by atoms with Crippen LogP contribution >= 0.6 is 11.6 Å². The Labute approximate surface area is 155 Å². The van der Waals surface area contributed by atoms with Crippen LogP contribution in [-0.4, -0.2) is 62.3 Å². The van der Waals surface area contributed by atoms with Crippen molar-refractivity contribution in [3.8, 4) is 0 Å². The van der Waals surface area contributed by atoms with E-state index < -0.39 is 10.0 Å². The Hall–Kier alpha value is -1.15. The van der Waals surface area contributed by atoms with Crippen molar-refractivity contribution < 1.29 is 13.2 Å². The molecule has 1 heterocycles. The zero-order valence-corrected chi connectivity index (χ0v) is 16.3. The number of halogens is 1. The number of benzene rings is 1. The average molecular weight is 388 g/mol. The largest absolute Gasteiger partial charge is 0.353 e. The Balaban J connectivity index is 1.88. The summed E-state index contributed by atoms with van der Waals surface area (Å²) in [7, 11) is -3.54. The van der Waals surface area contributed by atoms with E-state index in [2.05, 4.69) is 12.2 Å². The van der Waals surface area contributed by atoms with Gasteiger partial charge in [-0.15, -0.1) is 0 Å². The molecule has 1 saturated heterocycles. The van der Waals surface area contributed by atoms with E-state index in [-0.39, 0.29) is 16.8 Å². The molecule has 1 N–H and O–H groups in total. The topological polar surface area (TPSA) is 69.7 Å². The minimum absolute atomic E-state index is 0.00732. The summed E-state index contributed by atoms with van der Waals surface area (Å²) in [6, 6.07) is 6.47. The minimum atomic E-state index is -3.54. The van der Waals surface area contributed by atoms with Crippen LogP contribution in [0.25, 0.3) is 0 Å². The van der Waals surface area contributed by atoms with Crippen LogP contribution < -0.4 is 5.32 Å². The molecule has 1 aliphatic heterocycles. The van der Waals surface area contributed by atoms with Crippen LogP contribution in [0.4, 0.5) is 0 Å². The molecule has 1 aromatic carbocycles. The maximum Gasteiger partial charge on any atom is 0.243 e. The van der Waals surface area contributed by atoms with Gasteiger partial charge in [0.25, 0.3) is 0 Å². The highest BCUT2D eigenvalue weighted by atomic mass is 35.5. The summed E-state index contributed by atoms with van der Waals surface area (Å²) >= 11 is 5.90. The monoisotopic (exact) mass is 387 g/mol. The van der Waals surface area contributed by atoms with Crippen LogP contribution in [0.15, 0.2) is 29.2 Å². The molecule has 2 rings (SSSR count). The molecule has 1 amide bonds. The number of carbonyl (C=O) groups is 1. The summed E-state index contributed by atoms with van der Waals surface area (Å²) < 4.78 is 26.8. The molecule has 1 aromatic rings. The first-order valence-corrected chi connectivity index (χ1v) is 10.4. The summed E-state index contributed by atoms with van der Waals surface area (Å²) in [4.78, 5) is 14.2. The van der Waals surface area contributed by atoms with E-state index >= 15 is 0 Å². The van der Waals surface area contributed by atoms with Gasteiger partial charge in [-0.3, -0.25) is 9.69 Å². The number of amides is 1. The van der Waals surface area contributed by atoms with Gasteiger partial charge in [0, 0.05) is 37.2 Å². The predicted octanol–water partition coefficient (Wildman–Crippen LogP) is 1.95. The molecule has 25 heavy (non-hydrogen) atoms. The first-order chi connectivity index (χ1) is 11.8. The number of rotatable bonds is 7. The molecule has 0 spiro atoms. The molecule has 8 heteroatoms. The van der Waals surface area contributed by atoms with Gasteiger partial charge in [0.05, 0.1) is 11.4 Å². The maximum absolute atomic E-state index is 12.7. The molecule has 1 aliphatic rings. The summed E-state index contributed by atoms with van der Waals surface area (Å²) in [5.74, 6) is -0.00732. The number of piperazine rings is 1. The highest BCUT2D eigenvalue weighted by Gasteiger charge is 2.29. The molecule has 140 valence electrons. The lowest BCUT2D eigenvalue weighted by molar-refractivity contribution is -0.123. The molecular formula is C17H26ClN3O3S. The Morgan fingerprint density at radius 2 is 1.96 bits per heavy atom. The summed E-state index contributed by atoms with van der Waals surface area (Å²) in [5.41, 5.74) is 0. The van der Waals surface area contributed by atoms with E-state index in [1.165, 1.54) is 10.4 Å². The number of nitrogens with one attached hydrogen (secondary N) is 1. The van der Waals surface area contributed by atoms with Crippen LogP contribution in [0.2, 0.25) is 5.02 Å². The number of sulfonamides is 1. The highest BCUT2D eigenvalue weighted by Crippen LogP contribution is 2.20. The second-order valence-electron chi connectivity index (χ2n) is 6.39. The standard InChI is InChI=1S/C17H26ClN3O3S/c1-3-5-14(2)19-17(22)13-20-8-10-21(11-9-20)25(23,24)16-7-4-6-15(18)12-16/h4,6-7,12,14H,3,5,8-11,13H2,1-2H3,(H,19,22). The molecule has 1 unspecified atom stereocenters. The molecule has 1 fully saturated rings. The van der Waals surface area contributed by atoms with Crippen molar-refractivity contribution >= 4 is 27.5 Å². The SMILES string of the molecule is CCCC(C)NC(=O)CN1CCN(S(=O)(=O)c2cccc(Cl)c2)CC1. The van der Waals surface area contributed by atoms with Crippen LogP contribution in [0.3, 0.4) is 0 Å². The molecule has 0 aromatic heterocycles. The van der Waals surface area contributed by atoms with E-state index in [9.17, 15) is 13.2 Å². The zero-order chi connectivity index (χ0) is 18.4. The van der Waals surface area contributed by atoms with Crippen molar-refractivity contribution in [2.75, 3.05) is 32.7 Å². The van der Waals surface area contributed by atoms with Crippen molar-refractivity contribution in [2.24, 2.45) is 0 Å². The van der Waals surface area contributed by atoms with Gasteiger partial charge < -0.3 is 5.32 Å². The summed E-state index contributed by atoms with van der Waals surface area (Å²) in [6.07, 6.45) is 1.98. The van der Waals surface area contributed by atoms with Crippen molar-refractivity contribution in [3.63, 3.8) is 0 Å². The Kier molecular flexibility index (Phi) is 7.25. The van der Waals surface area contributed by atoms with Gasteiger partial charge in [-0.1, -0.05) is 31.0 Å². The normalized spacial score (nSPS) is 18.0. The molecule has 0 saturated carbocycles. The first kappa shape index (κ1) is 20.2. The maximum atomic E-state index is 12.7. The number of hydrogen-bond donors (Lipinski definition) is 1. The quantitative estimate of drug-likeness (QED) is 0.776. The minimum Gasteiger partial charge on any atom is -0.353 e. The number of hydrogen-bond acceptors (Lipinski definition) is 4. The van der Waals surface area contributed by atoms with Gasteiger partial charge >= 0.3 is 0 Å². The Bertz CT molecular complexity index is 688. The van der Waals surface area contributed by atoms with E-state index in [0.717, 1.165) is 12.8 Å². The highest BCUT2D eigenvalue weighted by molar-refractivity contribution is 7.89. The molecule has 0 radical (unpaired) electrons. The lowest BCUT2D eigenvalue weighted by Gasteiger charge is -2.33. The fraction of sp³-hybridized carbons (Fsp3) is 0.588. The number of nitrogens with zero attached hydrogens (tertiary/aromatic N) is 2. The molecule has 0 bridgehead atoms. The fourth-order valence-corrected chi connectivity index (χ4v) is 4.66.